The molecule has 1 aliphatic rings. The molecule has 3 rings (SSSR count). The summed E-state index contributed by atoms with van der Waals surface area (Å²) in [6.45, 7) is 0.769. The van der Waals surface area contributed by atoms with Crippen LogP contribution in [0.25, 0.3) is 11.1 Å². The van der Waals surface area contributed by atoms with Gasteiger partial charge in [-0.2, -0.15) is 0 Å². The zero-order chi connectivity index (χ0) is 15.9. The first-order valence-electron chi connectivity index (χ1n) is 6.58. The second kappa shape index (κ2) is 5.91. The normalized spacial score (nSPS) is 16.7. The molecule has 1 atom stereocenters. The van der Waals surface area contributed by atoms with Crippen LogP contribution in [0.3, 0.4) is 0 Å². The SMILES string of the molecule is NC[C@H]1CNc2cc(F)cc(-c3c(Cl)cc(F)cc3Cl)c2O1. The summed E-state index contributed by atoms with van der Waals surface area (Å²) in [6.07, 6.45) is -0.255. The fourth-order valence-corrected chi connectivity index (χ4v) is 3.06. The van der Waals surface area contributed by atoms with Crippen LogP contribution in [0.2, 0.25) is 10.0 Å². The van der Waals surface area contributed by atoms with Crippen molar-refractivity contribution in [2.24, 2.45) is 5.73 Å². The summed E-state index contributed by atoms with van der Waals surface area (Å²) in [5, 5.41) is 3.22. The van der Waals surface area contributed by atoms with Gasteiger partial charge in [-0.25, -0.2) is 8.78 Å². The molecule has 0 amide bonds. The number of hydrogen-bond acceptors (Lipinski definition) is 3. The summed E-state index contributed by atoms with van der Waals surface area (Å²) in [6, 6.07) is 4.81. The molecule has 0 aromatic heterocycles. The molecule has 0 saturated carbocycles. The Morgan fingerprint density at radius 2 is 1.77 bits per heavy atom. The number of ether oxygens (including phenoxy) is 1. The molecule has 1 heterocycles. The van der Waals surface area contributed by atoms with E-state index >= 15 is 0 Å². The van der Waals surface area contributed by atoms with Crippen molar-refractivity contribution in [3.8, 4) is 16.9 Å². The zero-order valence-electron chi connectivity index (χ0n) is 11.3. The van der Waals surface area contributed by atoms with Crippen LogP contribution in [-0.2, 0) is 0 Å². The topological polar surface area (TPSA) is 47.3 Å². The molecule has 0 unspecified atom stereocenters. The third-order valence-electron chi connectivity index (χ3n) is 3.40. The van der Waals surface area contributed by atoms with Gasteiger partial charge < -0.3 is 15.8 Å². The average Bonchev–Trinajstić information content (AvgIpc) is 2.45. The molecule has 2 aromatic carbocycles. The molecule has 7 heteroatoms. The first-order valence-corrected chi connectivity index (χ1v) is 7.34. The number of halogens is 4. The molecular formula is C15H12Cl2F2N2O. The Bertz CT molecular complexity index is 717. The van der Waals surface area contributed by atoms with Crippen molar-refractivity contribution in [2.75, 3.05) is 18.4 Å². The van der Waals surface area contributed by atoms with E-state index in [1.165, 1.54) is 12.1 Å². The van der Waals surface area contributed by atoms with E-state index in [0.29, 0.717) is 35.7 Å². The maximum absolute atomic E-state index is 13.9. The lowest BCUT2D eigenvalue weighted by atomic mass is 10.0. The van der Waals surface area contributed by atoms with Gasteiger partial charge in [0.1, 0.15) is 17.7 Å². The van der Waals surface area contributed by atoms with Crippen LogP contribution in [0.15, 0.2) is 24.3 Å². The minimum atomic E-state index is -0.567. The molecule has 0 fully saturated rings. The number of rotatable bonds is 2. The molecule has 0 aliphatic carbocycles. The van der Waals surface area contributed by atoms with Crippen LogP contribution in [0.5, 0.6) is 5.75 Å². The fourth-order valence-electron chi connectivity index (χ4n) is 2.40. The van der Waals surface area contributed by atoms with Gasteiger partial charge in [-0.05, 0) is 18.2 Å². The molecule has 116 valence electrons. The van der Waals surface area contributed by atoms with Gasteiger partial charge >= 0.3 is 0 Å². The maximum Gasteiger partial charge on any atom is 0.151 e. The first-order chi connectivity index (χ1) is 10.5. The number of fused-ring (bicyclic) bond motifs is 1. The highest BCUT2D eigenvalue weighted by Gasteiger charge is 2.25. The molecule has 2 aromatic rings. The highest BCUT2D eigenvalue weighted by Crippen LogP contribution is 2.45. The molecule has 0 saturated heterocycles. The van der Waals surface area contributed by atoms with Crippen LogP contribution in [0.4, 0.5) is 14.5 Å². The molecule has 0 bridgehead atoms. The van der Waals surface area contributed by atoms with Gasteiger partial charge in [0.15, 0.2) is 5.75 Å². The second-order valence-electron chi connectivity index (χ2n) is 4.93. The number of hydrogen-bond donors (Lipinski definition) is 2. The molecule has 1 aliphatic heterocycles. The van der Waals surface area contributed by atoms with Crippen molar-refractivity contribution in [3.63, 3.8) is 0 Å². The maximum atomic E-state index is 13.9. The van der Waals surface area contributed by atoms with Crippen molar-refractivity contribution in [2.45, 2.75) is 6.10 Å². The standard InChI is InChI=1S/C15H12Cl2F2N2O/c16-11-2-8(19)3-12(17)14(11)10-1-7(18)4-13-15(10)22-9(5-20)6-21-13/h1-4,9,21H,5-6,20H2/t9-/m0/s1. The van der Waals surface area contributed by atoms with Crippen molar-refractivity contribution in [3.05, 3.63) is 45.9 Å². The van der Waals surface area contributed by atoms with Gasteiger partial charge in [0.25, 0.3) is 0 Å². The van der Waals surface area contributed by atoms with Crippen LogP contribution in [0.1, 0.15) is 0 Å². The van der Waals surface area contributed by atoms with Crippen LogP contribution < -0.4 is 15.8 Å². The lowest BCUT2D eigenvalue weighted by Crippen LogP contribution is -2.37. The average molecular weight is 345 g/mol. The minimum Gasteiger partial charge on any atom is -0.484 e. The highest BCUT2D eigenvalue weighted by molar-refractivity contribution is 6.39. The summed E-state index contributed by atoms with van der Waals surface area (Å²) < 4.78 is 33.0. The Hall–Kier alpha value is -1.56. The molecule has 0 radical (unpaired) electrons. The Labute approximate surface area is 136 Å². The van der Waals surface area contributed by atoms with Gasteiger partial charge in [-0.15, -0.1) is 0 Å². The van der Waals surface area contributed by atoms with E-state index in [1.54, 1.807) is 0 Å². The minimum absolute atomic E-state index is 0.0799. The largest absolute Gasteiger partial charge is 0.484 e. The van der Waals surface area contributed by atoms with E-state index in [0.717, 1.165) is 12.1 Å². The van der Waals surface area contributed by atoms with Gasteiger partial charge in [0.2, 0.25) is 0 Å². The van der Waals surface area contributed by atoms with E-state index in [1.807, 2.05) is 0 Å². The first kappa shape index (κ1) is 15.3. The fraction of sp³-hybridized carbons (Fsp3) is 0.200. The zero-order valence-corrected chi connectivity index (χ0v) is 12.8. The van der Waals surface area contributed by atoms with Crippen molar-refractivity contribution >= 4 is 28.9 Å². The lowest BCUT2D eigenvalue weighted by Gasteiger charge is -2.28. The van der Waals surface area contributed by atoms with Crippen molar-refractivity contribution < 1.29 is 13.5 Å². The lowest BCUT2D eigenvalue weighted by molar-refractivity contribution is 0.215. The van der Waals surface area contributed by atoms with Crippen molar-refractivity contribution in [1.82, 2.24) is 0 Å². The number of nitrogens with one attached hydrogen (secondary N) is 1. The number of nitrogens with two attached hydrogens (primary N) is 1. The van der Waals surface area contributed by atoms with E-state index in [-0.39, 0.29) is 16.1 Å². The van der Waals surface area contributed by atoms with Crippen LogP contribution >= 0.6 is 23.2 Å². The predicted octanol–water partition coefficient (Wildman–Crippen LogP) is 4.07. The Morgan fingerprint density at radius 1 is 1.14 bits per heavy atom. The van der Waals surface area contributed by atoms with E-state index in [4.69, 9.17) is 33.7 Å². The van der Waals surface area contributed by atoms with Crippen LogP contribution in [-0.4, -0.2) is 19.2 Å². The molecule has 22 heavy (non-hydrogen) atoms. The molecule has 3 nitrogen and oxygen atoms in total. The third-order valence-corrected chi connectivity index (χ3v) is 3.99. The number of anilines is 1. The Balaban J connectivity index is 2.22. The highest BCUT2D eigenvalue weighted by atomic mass is 35.5. The van der Waals surface area contributed by atoms with Gasteiger partial charge in [-0.1, -0.05) is 23.2 Å². The quantitative estimate of drug-likeness (QED) is 0.863. The summed E-state index contributed by atoms with van der Waals surface area (Å²) >= 11 is 12.2. The predicted molar refractivity (Wildman–Crippen MR) is 83.8 cm³/mol. The monoisotopic (exact) mass is 344 g/mol. The van der Waals surface area contributed by atoms with Gasteiger partial charge in [0.05, 0.1) is 22.3 Å². The Morgan fingerprint density at radius 3 is 2.41 bits per heavy atom. The van der Waals surface area contributed by atoms with Crippen LogP contribution in [0, 0.1) is 11.6 Å². The van der Waals surface area contributed by atoms with Gasteiger partial charge in [-0.3, -0.25) is 0 Å². The second-order valence-corrected chi connectivity index (χ2v) is 5.75. The molecular weight excluding hydrogens is 333 g/mol. The summed E-state index contributed by atoms with van der Waals surface area (Å²) in [7, 11) is 0. The van der Waals surface area contributed by atoms with Gasteiger partial charge in [0, 0.05) is 23.7 Å². The third kappa shape index (κ3) is 2.72. The van der Waals surface area contributed by atoms with E-state index < -0.39 is 11.6 Å². The molecule has 3 N–H and O–H groups in total. The summed E-state index contributed by atoms with van der Waals surface area (Å²) in [5.41, 5.74) is 6.78. The Kier molecular flexibility index (Phi) is 4.12. The van der Waals surface area contributed by atoms with E-state index in [9.17, 15) is 8.78 Å². The summed E-state index contributed by atoms with van der Waals surface area (Å²) in [5.74, 6) is -0.645. The summed E-state index contributed by atoms with van der Waals surface area (Å²) in [4.78, 5) is 0. The van der Waals surface area contributed by atoms with E-state index in [2.05, 4.69) is 5.32 Å². The van der Waals surface area contributed by atoms with Crippen molar-refractivity contribution in [1.29, 1.82) is 0 Å². The number of benzene rings is 2. The molecule has 0 spiro atoms. The smallest absolute Gasteiger partial charge is 0.151 e.